The van der Waals surface area contributed by atoms with E-state index in [-0.39, 0.29) is 18.4 Å². The summed E-state index contributed by atoms with van der Waals surface area (Å²) in [5.41, 5.74) is 7.55. The summed E-state index contributed by atoms with van der Waals surface area (Å²) in [5, 5.41) is 8.93. The first-order valence-electron chi connectivity index (χ1n) is 8.16. The van der Waals surface area contributed by atoms with Gasteiger partial charge < -0.3 is 10.8 Å². The Kier molecular flexibility index (Phi) is 8.95. The van der Waals surface area contributed by atoms with E-state index in [0.717, 1.165) is 24.0 Å². The number of hydrogen-bond acceptors (Lipinski definition) is 3. The van der Waals surface area contributed by atoms with Crippen molar-refractivity contribution in [3.05, 3.63) is 35.4 Å². The number of rotatable bonds is 11. The van der Waals surface area contributed by atoms with E-state index in [0.29, 0.717) is 12.8 Å². The molecule has 0 unspecified atom stereocenters. The molecule has 21 heavy (non-hydrogen) atoms. The average molecular weight is 291 g/mol. The van der Waals surface area contributed by atoms with Gasteiger partial charge in [0.25, 0.3) is 0 Å². The minimum absolute atomic E-state index is 0.0152. The van der Waals surface area contributed by atoms with Crippen LogP contribution in [0.3, 0.4) is 0 Å². The maximum atomic E-state index is 12.1. The summed E-state index contributed by atoms with van der Waals surface area (Å²) < 4.78 is 0. The molecule has 0 saturated carbocycles. The zero-order valence-corrected chi connectivity index (χ0v) is 13.2. The van der Waals surface area contributed by atoms with Crippen LogP contribution in [0.25, 0.3) is 0 Å². The second-order valence-corrected chi connectivity index (χ2v) is 5.78. The maximum Gasteiger partial charge on any atom is 0.162 e. The third kappa shape index (κ3) is 7.39. The standard InChI is InChI=1S/C18H29NO2/c1-2-3-4-5-6-7-8-18(21)16-11-9-15(10-12-16)13-17(19)14-20/h9-12,17,20H,2-8,13-14,19H2,1H3/t17-/m0/s1. The number of nitrogens with two attached hydrogens (primary N) is 1. The van der Waals surface area contributed by atoms with Crippen LogP contribution in [0.4, 0.5) is 0 Å². The van der Waals surface area contributed by atoms with E-state index < -0.39 is 0 Å². The lowest BCUT2D eigenvalue weighted by Crippen LogP contribution is -2.26. The van der Waals surface area contributed by atoms with Gasteiger partial charge in [-0.1, -0.05) is 63.3 Å². The van der Waals surface area contributed by atoms with Crippen LogP contribution in [-0.2, 0) is 6.42 Å². The molecule has 0 aliphatic carbocycles. The molecular formula is C18H29NO2. The molecule has 1 atom stereocenters. The van der Waals surface area contributed by atoms with Gasteiger partial charge in [0.1, 0.15) is 0 Å². The number of unbranched alkanes of at least 4 members (excludes halogenated alkanes) is 5. The Balaban J connectivity index is 2.31. The van der Waals surface area contributed by atoms with Crippen LogP contribution in [0.1, 0.15) is 67.8 Å². The molecule has 0 fully saturated rings. The van der Waals surface area contributed by atoms with Gasteiger partial charge in [-0.3, -0.25) is 4.79 Å². The van der Waals surface area contributed by atoms with Gasteiger partial charge in [-0.25, -0.2) is 0 Å². The van der Waals surface area contributed by atoms with Crippen molar-refractivity contribution in [1.82, 2.24) is 0 Å². The zero-order chi connectivity index (χ0) is 15.5. The first-order valence-corrected chi connectivity index (χ1v) is 8.16. The van der Waals surface area contributed by atoms with Gasteiger partial charge in [0.05, 0.1) is 6.61 Å². The predicted molar refractivity (Wildman–Crippen MR) is 87.5 cm³/mol. The van der Waals surface area contributed by atoms with Gasteiger partial charge in [0, 0.05) is 18.0 Å². The summed E-state index contributed by atoms with van der Waals surface area (Å²) in [6.45, 7) is 2.19. The van der Waals surface area contributed by atoms with Crippen LogP contribution in [0.2, 0.25) is 0 Å². The Morgan fingerprint density at radius 2 is 1.71 bits per heavy atom. The van der Waals surface area contributed by atoms with Crippen LogP contribution in [0, 0.1) is 0 Å². The van der Waals surface area contributed by atoms with Crippen molar-refractivity contribution in [2.45, 2.75) is 64.3 Å². The van der Waals surface area contributed by atoms with Crippen molar-refractivity contribution in [2.75, 3.05) is 6.61 Å². The fraction of sp³-hybridized carbons (Fsp3) is 0.611. The summed E-state index contributed by atoms with van der Waals surface area (Å²) in [4.78, 5) is 12.1. The van der Waals surface area contributed by atoms with Gasteiger partial charge in [-0.2, -0.15) is 0 Å². The Labute approximate surface area is 128 Å². The Bertz CT molecular complexity index is 400. The number of aliphatic hydroxyl groups excluding tert-OH is 1. The highest BCUT2D eigenvalue weighted by molar-refractivity contribution is 5.96. The van der Waals surface area contributed by atoms with Crippen LogP contribution >= 0.6 is 0 Å². The van der Waals surface area contributed by atoms with E-state index in [1.54, 1.807) is 0 Å². The van der Waals surface area contributed by atoms with E-state index in [1.807, 2.05) is 24.3 Å². The Hall–Kier alpha value is -1.19. The molecule has 0 spiro atoms. The second-order valence-electron chi connectivity index (χ2n) is 5.78. The van der Waals surface area contributed by atoms with Crippen molar-refractivity contribution in [3.63, 3.8) is 0 Å². The van der Waals surface area contributed by atoms with Crippen molar-refractivity contribution in [3.8, 4) is 0 Å². The minimum Gasteiger partial charge on any atom is -0.395 e. The number of hydrogen-bond donors (Lipinski definition) is 2. The topological polar surface area (TPSA) is 63.3 Å². The molecule has 0 aliphatic heterocycles. The average Bonchev–Trinajstić information content (AvgIpc) is 2.51. The fourth-order valence-electron chi connectivity index (χ4n) is 2.40. The molecule has 0 bridgehead atoms. The number of carbonyl (C=O) groups is 1. The molecular weight excluding hydrogens is 262 g/mol. The third-order valence-electron chi connectivity index (χ3n) is 3.77. The Morgan fingerprint density at radius 3 is 2.33 bits per heavy atom. The van der Waals surface area contributed by atoms with Crippen molar-refractivity contribution < 1.29 is 9.90 Å². The smallest absolute Gasteiger partial charge is 0.162 e. The van der Waals surface area contributed by atoms with E-state index in [9.17, 15) is 4.79 Å². The van der Waals surface area contributed by atoms with Crippen LogP contribution in [-0.4, -0.2) is 23.5 Å². The van der Waals surface area contributed by atoms with Crippen molar-refractivity contribution in [2.24, 2.45) is 5.73 Å². The number of ketones is 1. The first-order chi connectivity index (χ1) is 10.2. The molecule has 1 rings (SSSR count). The zero-order valence-electron chi connectivity index (χ0n) is 13.2. The summed E-state index contributed by atoms with van der Waals surface area (Å²) in [6, 6.07) is 7.39. The van der Waals surface area contributed by atoms with Gasteiger partial charge in [-0.05, 0) is 18.4 Å². The van der Waals surface area contributed by atoms with Crippen molar-refractivity contribution >= 4 is 5.78 Å². The molecule has 3 nitrogen and oxygen atoms in total. The normalized spacial score (nSPS) is 12.3. The minimum atomic E-state index is -0.227. The monoisotopic (exact) mass is 291 g/mol. The van der Waals surface area contributed by atoms with E-state index in [1.165, 1.54) is 25.7 Å². The van der Waals surface area contributed by atoms with Crippen molar-refractivity contribution in [1.29, 1.82) is 0 Å². The molecule has 0 aliphatic rings. The highest BCUT2D eigenvalue weighted by Crippen LogP contribution is 2.12. The highest BCUT2D eigenvalue weighted by Gasteiger charge is 2.07. The first kappa shape index (κ1) is 17.9. The Morgan fingerprint density at radius 1 is 1.10 bits per heavy atom. The number of carbonyl (C=O) groups excluding carboxylic acids is 1. The molecule has 0 aromatic heterocycles. The van der Waals surface area contributed by atoms with Gasteiger partial charge in [-0.15, -0.1) is 0 Å². The second kappa shape index (κ2) is 10.5. The lowest BCUT2D eigenvalue weighted by atomic mass is 10.0. The van der Waals surface area contributed by atoms with E-state index in [4.69, 9.17) is 10.8 Å². The highest BCUT2D eigenvalue weighted by atomic mass is 16.3. The van der Waals surface area contributed by atoms with Crippen LogP contribution < -0.4 is 5.73 Å². The van der Waals surface area contributed by atoms with Crippen LogP contribution in [0.15, 0.2) is 24.3 Å². The summed E-state index contributed by atoms with van der Waals surface area (Å²) in [5.74, 6) is 0.225. The molecule has 0 amide bonds. The summed E-state index contributed by atoms with van der Waals surface area (Å²) in [6.07, 6.45) is 8.49. The van der Waals surface area contributed by atoms with Gasteiger partial charge in [0.15, 0.2) is 5.78 Å². The van der Waals surface area contributed by atoms with Crippen LogP contribution in [0.5, 0.6) is 0 Å². The number of benzene rings is 1. The molecule has 3 N–H and O–H groups in total. The maximum absolute atomic E-state index is 12.1. The summed E-state index contributed by atoms with van der Waals surface area (Å²) in [7, 11) is 0. The lowest BCUT2D eigenvalue weighted by molar-refractivity contribution is 0.0979. The SMILES string of the molecule is CCCCCCCCC(=O)c1ccc(C[C@H](N)CO)cc1. The summed E-state index contributed by atoms with van der Waals surface area (Å²) >= 11 is 0. The van der Waals surface area contributed by atoms with E-state index in [2.05, 4.69) is 6.92 Å². The quantitative estimate of drug-likeness (QED) is 0.484. The number of Topliss-reactive ketones (excluding diaryl/α,β-unsaturated/α-hetero) is 1. The fourth-order valence-corrected chi connectivity index (χ4v) is 2.40. The molecule has 0 radical (unpaired) electrons. The van der Waals surface area contributed by atoms with Gasteiger partial charge >= 0.3 is 0 Å². The van der Waals surface area contributed by atoms with E-state index >= 15 is 0 Å². The molecule has 0 heterocycles. The molecule has 1 aromatic carbocycles. The molecule has 3 heteroatoms. The lowest BCUT2D eigenvalue weighted by Gasteiger charge is -2.08. The predicted octanol–water partition coefficient (Wildman–Crippen LogP) is 3.48. The van der Waals surface area contributed by atoms with Gasteiger partial charge in [0.2, 0.25) is 0 Å². The number of aliphatic hydroxyl groups is 1. The largest absolute Gasteiger partial charge is 0.395 e. The molecule has 0 saturated heterocycles. The molecule has 1 aromatic rings. The molecule has 118 valence electrons. The third-order valence-corrected chi connectivity index (χ3v) is 3.77.